The first-order valence-corrected chi connectivity index (χ1v) is 6.62. The minimum Gasteiger partial charge on any atom is -0.303 e. The third kappa shape index (κ3) is 2.09. The summed E-state index contributed by atoms with van der Waals surface area (Å²) >= 11 is 0. The lowest BCUT2D eigenvalue weighted by Crippen LogP contribution is -2.30. The fraction of sp³-hybridized carbons (Fsp3) is 0.800. The molecule has 16 heavy (non-hydrogen) atoms. The Bertz CT molecular complexity index is 324. The lowest BCUT2D eigenvalue weighted by atomic mass is 9.62. The molecule has 0 saturated heterocycles. The Morgan fingerprint density at radius 2 is 1.94 bits per heavy atom. The summed E-state index contributed by atoms with van der Waals surface area (Å²) in [5.41, 5.74) is 4.10. The molecule has 2 rings (SSSR count). The molecule has 0 bridgehead atoms. The first-order valence-electron chi connectivity index (χ1n) is 6.62. The molecule has 0 N–H and O–H groups in total. The van der Waals surface area contributed by atoms with Crippen molar-refractivity contribution in [2.24, 2.45) is 10.8 Å². The molecular formula is C15H24O. The fourth-order valence-corrected chi connectivity index (χ4v) is 3.64. The van der Waals surface area contributed by atoms with Crippen LogP contribution in [0.2, 0.25) is 0 Å². The van der Waals surface area contributed by atoms with E-state index in [1.54, 1.807) is 11.1 Å². The molecule has 0 saturated carbocycles. The van der Waals surface area contributed by atoms with E-state index in [0.29, 0.717) is 5.41 Å². The summed E-state index contributed by atoms with van der Waals surface area (Å²) in [5.74, 6) is 0. The van der Waals surface area contributed by atoms with Gasteiger partial charge >= 0.3 is 0 Å². The molecule has 1 heteroatoms. The van der Waals surface area contributed by atoms with Crippen molar-refractivity contribution in [1.82, 2.24) is 0 Å². The zero-order valence-electron chi connectivity index (χ0n) is 10.9. The van der Waals surface area contributed by atoms with Crippen molar-refractivity contribution in [2.75, 3.05) is 0 Å². The van der Waals surface area contributed by atoms with Crippen LogP contribution in [-0.2, 0) is 4.79 Å². The molecule has 0 aliphatic heterocycles. The first-order chi connectivity index (χ1) is 7.47. The molecule has 0 aromatic heterocycles. The molecule has 0 radical (unpaired) electrons. The van der Waals surface area contributed by atoms with Crippen molar-refractivity contribution in [3.05, 3.63) is 11.1 Å². The van der Waals surface area contributed by atoms with Gasteiger partial charge in [0.2, 0.25) is 0 Å². The van der Waals surface area contributed by atoms with E-state index >= 15 is 0 Å². The standard InChI is InChI=1S/C15H24O/c1-14(2)7-4-5-12-11-15(3,9-10-16)8-6-13(12)14/h10H,4-9,11H2,1-3H3/t15-/m0/s1. The minimum absolute atomic E-state index is 0.258. The summed E-state index contributed by atoms with van der Waals surface area (Å²) in [7, 11) is 0. The normalized spacial score (nSPS) is 33.4. The van der Waals surface area contributed by atoms with Gasteiger partial charge in [0.1, 0.15) is 6.29 Å². The SMILES string of the molecule is CC1(C)CCCC2=C1CC[C@@](C)(CC=O)C2. The topological polar surface area (TPSA) is 17.1 Å². The molecule has 0 spiro atoms. The fourth-order valence-electron chi connectivity index (χ4n) is 3.64. The summed E-state index contributed by atoms with van der Waals surface area (Å²) in [4.78, 5) is 10.7. The van der Waals surface area contributed by atoms with E-state index in [9.17, 15) is 4.79 Å². The zero-order valence-corrected chi connectivity index (χ0v) is 10.9. The minimum atomic E-state index is 0.258. The Kier molecular flexibility index (Phi) is 2.98. The Hall–Kier alpha value is -0.590. The van der Waals surface area contributed by atoms with Crippen LogP contribution in [0.4, 0.5) is 0 Å². The van der Waals surface area contributed by atoms with Gasteiger partial charge in [-0.3, -0.25) is 0 Å². The predicted octanol–water partition coefficient (Wildman–Crippen LogP) is 4.27. The van der Waals surface area contributed by atoms with E-state index in [4.69, 9.17) is 0 Å². The highest BCUT2D eigenvalue weighted by molar-refractivity contribution is 5.51. The molecule has 0 fully saturated rings. The molecule has 2 aliphatic rings. The van der Waals surface area contributed by atoms with Gasteiger partial charge < -0.3 is 4.79 Å². The van der Waals surface area contributed by atoms with E-state index in [1.807, 2.05) is 0 Å². The van der Waals surface area contributed by atoms with E-state index in [0.717, 1.165) is 12.7 Å². The van der Waals surface area contributed by atoms with Crippen molar-refractivity contribution < 1.29 is 4.79 Å². The van der Waals surface area contributed by atoms with Crippen molar-refractivity contribution in [3.8, 4) is 0 Å². The second-order valence-electron chi connectivity index (χ2n) is 6.68. The molecule has 1 atom stereocenters. The van der Waals surface area contributed by atoms with Crippen molar-refractivity contribution in [2.45, 2.75) is 65.7 Å². The molecule has 0 amide bonds. The third-order valence-corrected chi connectivity index (χ3v) is 4.72. The Morgan fingerprint density at radius 1 is 1.19 bits per heavy atom. The number of carbonyl (C=O) groups excluding carboxylic acids is 1. The maximum Gasteiger partial charge on any atom is 0.120 e. The van der Waals surface area contributed by atoms with Gasteiger partial charge in [-0.1, -0.05) is 31.9 Å². The lowest BCUT2D eigenvalue weighted by Gasteiger charge is -2.43. The molecule has 0 heterocycles. The second kappa shape index (κ2) is 4.01. The number of carbonyl (C=O) groups is 1. The Balaban J connectivity index is 2.23. The number of hydrogen-bond donors (Lipinski definition) is 0. The van der Waals surface area contributed by atoms with E-state index < -0.39 is 0 Å². The van der Waals surface area contributed by atoms with Gasteiger partial charge in [-0.25, -0.2) is 0 Å². The highest BCUT2D eigenvalue weighted by atomic mass is 16.1. The maximum atomic E-state index is 10.7. The van der Waals surface area contributed by atoms with Gasteiger partial charge in [-0.05, 0) is 49.4 Å². The van der Waals surface area contributed by atoms with Gasteiger partial charge in [0, 0.05) is 6.42 Å². The van der Waals surface area contributed by atoms with Crippen molar-refractivity contribution in [3.63, 3.8) is 0 Å². The van der Waals surface area contributed by atoms with E-state index in [2.05, 4.69) is 20.8 Å². The van der Waals surface area contributed by atoms with Gasteiger partial charge in [0.15, 0.2) is 0 Å². The van der Waals surface area contributed by atoms with Gasteiger partial charge in [0.25, 0.3) is 0 Å². The molecule has 2 aliphatic carbocycles. The first kappa shape index (κ1) is 11.9. The summed E-state index contributed by atoms with van der Waals surface area (Å²) in [6.45, 7) is 7.07. The van der Waals surface area contributed by atoms with Gasteiger partial charge in [0.05, 0.1) is 0 Å². The predicted molar refractivity (Wildman–Crippen MR) is 67.3 cm³/mol. The molecular weight excluding hydrogens is 196 g/mol. The maximum absolute atomic E-state index is 10.7. The van der Waals surface area contributed by atoms with Crippen LogP contribution in [0.3, 0.4) is 0 Å². The largest absolute Gasteiger partial charge is 0.303 e. The van der Waals surface area contributed by atoms with Crippen molar-refractivity contribution in [1.29, 1.82) is 0 Å². The summed E-state index contributed by atoms with van der Waals surface area (Å²) in [5, 5.41) is 0. The molecule has 90 valence electrons. The van der Waals surface area contributed by atoms with Crippen LogP contribution in [0.25, 0.3) is 0 Å². The van der Waals surface area contributed by atoms with Crippen LogP contribution < -0.4 is 0 Å². The van der Waals surface area contributed by atoms with Crippen LogP contribution in [-0.4, -0.2) is 6.29 Å². The second-order valence-corrected chi connectivity index (χ2v) is 6.68. The number of hydrogen-bond acceptors (Lipinski definition) is 1. The van der Waals surface area contributed by atoms with Crippen LogP contribution in [0, 0.1) is 10.8 Å². The summed E-state index contributed by atoms with van der Waals surface area (Å²) in [6, 6.07) is 0. The molecule has 0 unspecified atom stereocenters. The lowest BCUT2D eigenvalue weighted by molar-refractivity contribution is -0.109. The number of aldehydes is 1. The van der Waals surface area contributed by atoms with Gasteiger partial charge in [-0.15, -0.1) is 0 Å². The monoisotopic (exact) mass is 220 g/mol. The van der Waals surface area contributed by atoms with Gasteiger partial charge in [-0.2, -0.15) is 0 Å². The summed E-state index contributed by atoms with van der Waals surface area (Å²) < 4.78 is 0. The zero-order chi connectivity index (χ0) is 11.8. The molecule has 1 nitrogen and oxygen atoms in total. The average molecular weight is 220 g/mol. The van der Waals surface area contributed by atoms with Crippen molar-refractivity contribution >= 4 is 6.29 Å². The molecule has 0 aromatic carbocycles. The highest BCUT2D eigenvalue weighted by Crippen LogP contribution is 2.51. The number of rotatable bonds is 2. The smallest absolute Gasteiger partial charge is 0.120 e. The van der Waals surface area contributed by atoms with E-state index in [1.165, 1.54) is 38.5 Å². The third-order valence-electron chi connectivity index (χ3n) is 4.72. The average Bonchev–Trinajstić information content (AvgIpc) is 2.16. The number of allylic oxidation sites excluding steroid dienone is 2. The highest BCUT2D eigenvalue weighted by Gasteiger charge is 2.37. The Morgan fingerprint density at radius 3 is 2.62 bits per heavy atom. The van der Waals surface area contributed by atoms with Crippen LogP contribution >= 0.6 is 0 Å². The summed E-state index contributed by atoms with van der Waals surface area (Å²) in [6.07, 6.45) is 9.42. The van der Waals surface area contributed by atoms with Crippen LogP contribution in [0.5, 0.6) is 0 Å². The molecule has 0 aromatic rings. The van der Waals surface area contributed by atoms with Crippen LogP contribution in [0.1, 0.15) is 65.7 Å². The van der Waals surface area contributed by atoms with Crippen LogP contribution in [0.15, 0.2) is 11.1 Å². The Labute approximate surface area is 99.3 Å². The van der Waals surface area contributed by atoms with E-state index in [-0.39, 0.29) is 5.41 Å². The quantitative estimate of drug-likeness (QED) is 0.501.